The van der Waals surface area contributed by atoms with Gasteiger partial charge in [-0.1, -0.05) is 11.6 Å². The Bertz CT molecular complexity index is 1190. The SMILES string of the molecule is Nc1nc(Nc2ccc(F)cc2)nc(N(Cc2ccnc(F)c2)c2ccc(Cl)cc2)n1. The van der Waals surface area contributed by atoms with Crippen molar-refractivity contribution >= 4 is 40.8 Å². The van der Waals surface area contributed by atoms with E-state index in [9.17, 15) is 8.78 Å². The first-order valence-corrected chi connectivity index (χ1v) is 9.52. The predicted octanol–water partition coefficient (Wildman–Crippen LogP) is 4.86. The van der Waals surface area contributed by atoms with E-state index in [-0.39, 0.29) is 30.2 Å². The molecule has 0 amide bonds. The van der Waals surface area contributed by atoms with E-state index in [4.69, 9.17) is 17.3 Å². The van der Waals surface area contributed by atoms with Crippen LogP contribution in [0, 0.1) is 11.8 Å². The third-order valence-corrected chi connectivity index (χ3v) is 4.50. The summed E-state index contributed by atoms with van der Waals surface area (Å²) in [7, 11) is 0. The van der Waals surface area contributed by atoms with Gasteiger partial charge < -0.3 is 16.0 Å². The van der Waals surface area contributed by atoms with Crippen molar-refractivity contribution in [3.05, 3.63) is 89.2 Å². The van der Waals surface area contributed by atoms with E-state index in [2.05, 4.69) is 25.3 Å². The van der Waals surface area contributed by atoms with Crippen LogP contribution in [0.4, 0.5) is 38.0 Å². The lowest BCUT2D eigenvalue weighted by Crippen LogP contribution is -2.21. The summed E-state index contributed by atoms with van der Waals surface area (Å²) in [6.45, 7) is 0.237. The lowest BCUT2D eigenvalue weighted by molar-refractivity contribution is 0.581. The smallest absolute Gasteiger partial charge is 0.236 e. The molecular weight excluding hydrogens is 424 g/mol. The zero-order valence-corrected chi connectivity index (χ0v) is 16.8. The molecule has 3 N–H and O–H groups in total. The van der Waals surface area contributed by atoms with Gasteiger partial charge in [-0.05, 0) is 66.2 Å². The Hall–Kier alpha value is -3.85. The summed E-state index contributed by atoms with van der Waals surface area (Å²) in [6.07, 6.45) is 1.38. The molecule has 0 saturated carbocycles. The number of hydrogen-bond donors (Lipinski definition) is 2. The van der Waals surface area contributed by atoms with E-state index < -0.39 is 5.95 Å². The molecule has 0 aliphatic heterocycles. The summed E-state index contributed by atoms with van der Waals surface area (Å²) >= 11 is 6.02. The predicted molar refractivity (Wildman–Crippen MR) is 115 cm³/mol. The van der Waals surface area contributed by atoms with E-state index in [1.165, 1.54) is 24.4 Å². The van der Waals surface area contributed by atoms with Gasteiger partial charge in [-0.15, -0.1) is 0 Å². The van der Waals surface area contributed by atoms with E-state index >= 15 is 0 Å². The molecule has 0 unspecified atom stereocenters. The van der Waals surface area contributed by atoms with Crippen LogP contribution in [0.1, 0.15) is 5.56 Å². The van der Waals surface area contributed by atoms with Crippen LogP contribution in [0.3, 0.4) is 0 Å². The highest BCUT2D eigenvalue weighted by Gasteiger charge is 2.16. The first-order valence-electron chi connectivity index (χ1n) is 9.14. The fraction of sp³-hybridized carbons (Fsp3) is 0.0476. The van der Waals surface area contributed by atoms with Crippen LogP contribution in [-0.2, 0) is 6.54 Å². The van der Waals surface area contributed by atoms with Gasteiger partial charge >= 0.3 is 0 Å². The zero-order valence-electron chi connectivity index (χ0n) is 16.0. The number of aromatic nitrogens is 4. The summed E-state index contributed by atoms with van der Waals surface area (Å²) in [5.41, 5.74) is 7.85. The largest absolute Gasteiger partial charge is 0.368 e. The average Bonchev–Trinajstić information content (AvgIpc) is 2.74. The van der Waals surface area contributed by atoms with E-state index in [1.54, 1.807) is 47.4 Å². The highest BCUT2D eigenvalue weighted by molar-refractivity contribution is 6.30. The summed E-state index contributed by atoms with van der Waals surface area (Å²) in [5, 5.41) is 3.54. The lowest BCUT2D eigenvalue weighted by atomic mass is 10.2. The van der Waals surface area contributed by atoms with Crippen molar-refractivity contribution in [1.29, 1.82) is 0 Å². The molecule has 2 aromatic carbocycles. The topological polar surface area (TPSA) is 92.8 Å². The van der Waals surface area contributed by atoms with E-state index in [1.807, 2.05) is 0 Å². The Morgan fingerprint density at radius 2 is 1.68 bits per heavy atom. The Kier molecular flexibility index (Phi) is 5.85. The minimum atomic E-state index is -0.595. The first kappa shape index (κ1) is 20.4. The number of halogens is 3. The number of nitrogen functional groups attached to an aromatic ring is 1. The highest BCUT2D eigenvalue weighted by atomic mass is 35.5. The van der Waals surface area contributed by atoms with Crippen molar-refractivity contribution in [2.24, 2.45) is 0 Å². The average molecular weight is 440 g/mol. The number of rotatable bonds is 6. The number of pyridine rings is 1. The standard InChI is InChI=1S/C21H16ClF2N7/c22-14-1-7-17(8-2-14)31(12-13-9-10-26-18(24)11-13)21-29-19(25)28-20(30-21)27-16-5-3-15(23)4-6-16/h1-11H,12H2,(H3,25,27,28,29,30). The molecule has 156 valence electrons. The van der Waals surface area contributed by atoms with E-state index in [0.29, 0.717) is 22.0 Å². The number of nitrogens with one attached hydrogen (secondary N) is 1. The van der Waals surface area contributed by atoms with Crippen molar-refractivity contribution in [3.63, 3.8) is 0 Å². The summed E-state index contributed by atoms with van der Waals surface area (Å²) in [4.78, 5) is 18.1. The molecule has 0 saturated heterocycles. The quantitative estimate of drug-likeness (QED) is 0.414. The van der Waals surface area contributed by atoms with Gasteiger partial charge in [0.05, 0.1) is 6.54 Å². The fourth-order valence-electron chi connectivity index (χ4n) is 2.84. The van der Waals surface area contributed by atoms with E-state index in [0.717, 1.165) is 0 Å². The van der Waals surface area contributed by atoms with Gasteiger partial charge in [0.1, 0.15) is 5.82 Å². The van der Waals surface area contributed by atoms with Gasteiger partial charge in [-0.3, -0.25) is 0 Å². The van der Waals surface area contributed by atoms with Crippen LogP contribution in [0.25, 0.3) is 0 Å². The molecule has 2 heterocycles. The minimum absolute atomic E-state index is 0.0190. The molecule has 0 spiro atoms. The summed E-state index contributed by atoms with van der Waals surface area (Å²) < 4.78 is 26.8. The van der Waals surface area contributed by atoms with Gasteiger partial charge in [-0.2, -0.15) is 19.3 Å². The molecule has 0 radical (unpaired) electrons. The maximum atomic E-state index is 13.6. The van der Waals surface area contributed by atoms with Crippen LogP contribution >= 0.6 is 11.6 Å². The molecular formula is C21H16ClF2N7. The van der Waals surface area contributed by atoms with Gasteiger partial charge in [0.25, 0.3) is 0 Å². The summed E-state index contributed by atoms with van der Waals surface area (Å²) in [6, 6.07) is 15.7. The normalized spacial score (nSPS) is 10.7. The second kappa shape index (κ2) is 8.88. The second-order valence-corrected chi connectivity index (χ2v) is 6.93. The molecule has 2 aromatic heterocycles. The van der Waals surface area contributed by atoms with Gasteiger partial charge in [0, 0.05) is 22.6 Å². The Morgan fingerprint density at radius 3 is 2.39 bits per heavy atom. The summed E-state index contributed by atoms with van der Waals surface area (Å²) in [5.74, 6) is -0.567. The number of nitrogens with two attached hydrogens (primary N) is 1. The maximum absolute atomic E-state index is 13.6. The number of anilines is 5. The molecule has 4 aromatic rings. The number of hydrogen-bond acceptors (Lipinski definition) is 7. The maximum Gasteiger partial charge on any atom is 0.236 e. The highest BCUT2D eigenvalue weighted by Crippen LogP contribution is 2.28. The Labute approximate surface area is 181 Å². The first-order chi connectivity index (χ1) is 15.0. The monoisotopic (exact) mass is 439 g/mol. The molecule has 0 atom stereocenters. The van der Waals surface area contributed by atoms with Crippen LogP contribution < -0.4 is 16.0 Å². The Morgan fingerprint density at radius 1 is 0.935 bits per heavy atom. The third-order valence-electron chi connectivity index (χ3n) is 4.25. The molecule has 7 nitrogen and oxygen atoms in total. The van der Waals surface area contributed by atoms with Crippen molar-refractivity contribution < 1.29 is 8.78 Å². The fourth-order valence-corrected chi connectivity index (χ4v) is 2.97. The Balaban J connectivity index is 1.72. The van der Waals surface area contributed by atoms with Crippen molar-refractivity contribution in [3.8, 4) is 0 Å². The van der Waals surface area contributed by atoms with Gasteiger partial charge in [0.2, 0.25) is 23.8 Å². The molecule has 0 fully saturated rings. The van der Waals surface area contributed by atoms with Crippen molar-refractivity contribution in [2.75, 3.05) is 16.0 Å². The molecule has 4 rings (SSSR count). The molecule has 0 aliphatic rings. The number of benzene rings is 2. The third kappa shape index (κ3) is 5.20. The zero-order chi connectivity index (χ0) is 21.8. The van der Waals surface area contributed by atoms with Crippen LogP contribution in [0.15, 0.2) is 66.9 Å². The van der Waals surface area contributed by atoms with Crippen LogP contribution in [0.5, 0.6) is 0 Å². The van der Waals surface area contributed by atoms with Crippen LogP contribution in [-0.4, -0.2) is 19.9 Å². The van der Waals surface area contributed by atoms with Gasteiger partial charge in [-0.25, -0.2) is 9.37 Å². The minimum Gasteiger partial charge on any atom is -0.368 e. The molecule has 0 aliphatic carbocycles. The van der Waals surface area contributed by atoms with Crippen LogP contribution in [0.2, 0.25) is 5.02 Å². The second-order valence-electron chi connectivity index (χ2n) is 6.50. The molecule has 10 heteroatoms. The van der Waals surface area contributed by atoms with Crippen molar-refractivity contribution in [1.82, 2.24) is 19.9 Å². The molecule has 31 heavy (non-hydrogen) atoms. The molecule has 0 bridgehead atoms. The van der Waals surface area contributed by atoms with Gasteiger partial charge in [0.15, 0.2) is 0 Å². The number of nitrogens with zero attached hydrogens (tertiary/aromatic N) is 5. The lowest BCUT2D eigenvalue weighted by Gasteiger charge is -2.23. The van der Waals surface area contributed by atoms with Crippen molar-refractivity contribution in [2.45, 2.75) is 6.54 Å².